The number of hydrogen-bond donors (Lipinski definition) is 1. The van der Waals surface area contributed by atoms with Crippen LogP contribution in [0.25, 0.3) is 32.1 Å². The van der Waals surface area contributed by atoms with Crippen molar-refractivity contribution in [2.24, 2.45) is 0 Å². The van der Waals surface area contributed by atoms with Crippen molar-refractivity contribution >= 4 is 33.0 Å². The predicted octanol–water partition coefficient (Wildman–Crippen LogP) is 3.68. The number of thiophene rings is 1. The molecule has 1 aromatic carbocycles. The first-order valence-electron chi connectivity index (χ1n) is 6.56. The number of aromatic nitrogens is 3. The SMILES string of the molecule is CS(=O)c1nnc(-c2ccc(-c3c[nH]c4ccccc34)s2)o1. The Kier molecular flexibility index (Phi) is 3.16. The standard InChI is InChI=1S/C15H11N3O2S2/c1-22(19)15-18-17-14(20-15)13-7-6-12(21-13)10-8-16-11-5-3-2-4-9(10)11/h2-8,16H,1H3. The quantitative estimate of drug-likeness (QED) is 0.622. The zero-order valence-electron chi connectivity index (χ0n) is 11.6. The molecule has 0 fully saturated rings. The minimum absolute atomic E-state index is 0.150. The number of H-pyrrole nitrogens is 1. The van der Waals surface area contributed by atoms with Gasteiger partial charge in [0.15, 0.2) is 0 Å². The molecule has 3 aromatic heterocycles. The Morgan fingerprint density at radius 2 is 1.95 bits per heavy atom. The highest BCUT2D eigenvalue weighted by atomic mass is 32.2. The van der Waals surface area contributed by atoms with Crippen LogP contribution < -0.4 is 0 Å². The van der Waals surface area contributed by atoms with Crippen LogP contribution in [0.5, 0.6) is 0 Å². The predicted molar refractivity (Wildman–Crippen MR) is 87.2 cm³/mol. The molecule has 0 aliphatic carbocycles. The molecule has 0 radical (unpaired) electrons. The second-order valence-corrected chi connectivity index (χ2v) is 7.08. The van der Waals surface area contributed by atoms with E-state index in [1.54, 1.807) is 11.3 Å². The van der Waals surface area contributed by atoms with E-state index >= 15 is 0 Å². The minimum Gasteiger partial charge on any atom is -0.409 e. The van der Waals surface area contributed by atoms with Crippen molar-refractivity contribution in [3.63, 3.8) is 0 Å². The van der Waals surface area contributed by atoms with Gasteiger partial charge in [-0.15, -0.1) is 16.4 Å². The summed E-state index contributed by atoms with van der Waals surface area (Å²) in [5.41, 5.74) is 2.25. The summed E-state index contributed by atoms with van der Waals surface area (Å²) in [5.74, 6) is 0.404. The Bertz CT molecular complexity index is 983. The zero-order chi connectivity index (χ0) is 15.1. The normalized spacial score (nSPS) is 12.8. The molecule has 0 saturated carbocycles. The van der Waals surface area contributed by atoms with Crippen molar-refractivity contribution < 1.29 is 8.63 Å². The van der Waals surface area contributed by atoms with Crippen LogP contribution in [-0.2, 0) is 10.8 Å². The first kappa shape index (κ1) is 13.4. The molecular formula is C15H11N3O2S2. The molecule has 0 aliphatic rings. The van der Waals surface area contributed by atoms with Gasteiger partial charge in [-0.3, -0.25) is 0 Å². The average Bonchev–Trinajstić information content (AvgIpc) is 3.25. The first-order chi connectivity index (χ1) is 10.7. The van der Waals surface area contributed by atoms with Crippen LogP contribution in [0.2, 0.25) is 0 Å². The van der Waals surface area contributed by atoms with E-state index in [0.717, 1.165) is 20.8 Å². The van der Waals surface area contributed by atoms with E-state index in [4.69, 9.17) is 4.42 Å². The molecule has 4 aromatic rings. The molecule has 1 atom stereocenters. The molecule has 0 bridgehead atoms. The molecule has 22 heavy (non-hydrogen) atoms. The second-order valence-electron chi connectivity index (χ2n) is 4.74. The van der Waals surface area contributed by atoms with E-state index in [1.165, 1.54) is 11.6 Å². The molecule has 1 N–H and O–H groups in total. The van der Waals surface area contributed by atoms with Crippen LogP contribution in [0.15, 0.2) is 52.2 Å². The largest absolute Gasteiger partial charge is 0.409 e. The molecule has 0 amide bonds. The van der Waals surface area contributed by atoms with Gasteiger partial charge in [0, 0.05) is 33.8 Å². The lowest BCUT2D eigenvalue weighted by Gasteiger charge is -1.94. The van der Waals surface area contributed by atoms with Gasteiger partial charge in [-0.2, -0.15) is 0 Å². The molecule has 0 saturated heterocycles. The van der Waals surface area contributed by atoms with Crippen molar-refractivity contribution in [3.8, 4) is 21.2 Å². The third-order valence-corrected chi connectivity index (χ3v) is 5.09. The zero-order valence-corrected chi connectivity index (χ0v) is 13.2. The monoisotopic (exact) mass is 329 g/mol. The van der Waals surface area contributed by atoms with Crippen LogP contribution in [0.1, 0.15) is 0 Å². The van der Waals surface area contributed by atoms with Crippen molar-refractivity contribution in [2.75, 3.05) is 6.26 Å². The van der Waals surface area contributed by atoms with Crippen molar-refractivity contribution in [3.05, 3.63) is 42.6 Å². The van der Waals surface area contributed by atoms with Gasteiger partial charge in [0.1, 0.15) is 10.8 Å². The van der Waals surface area contributed by atoms with Gasteiger partial charge in [-0.1, -0.05) is 23.3 Å². The van der Waals surface area contributed by atoms with Crippen molar-refractivity contribution in [2.45, 2.75) is 5.22 Å². The first-order valence-corrected chi connectivity index (χ1v) is 8.93. The number of nitrogens with one attached hydrogen (secondary N) is 1. The molecule has 3 heterocycles. The van der Waals surface area contributed by atoms with Crippen LogP contribution in [0.3, 0.4) is 0 Å². The number of benzene rings is 1. The summed E-state index contributed by atoms with van der Waals surface area (Å²) >= 11 is 1.57. The highest BCUT2D eigenvalue weighted by molar-refractivity contribution is 7.84. The maximum absolute atomic E-state index is 11.3. The van der Waals surface area contributed by atoms with Crippen LogP contribution in [-0.4, -0.2) is 25.6 Å². The van der Waals surface area contributed by atoms with Gasteiger partial charge in [0.05, 0.1) is 4.88 Å². The summed E-state index contributed by atoms with van der Waals surface area (Å²) in [6.07, 6.45) is 3.52. The molecule has 4 rings (SSSR count). The van der Waals surface area contributed by atoms with E-state index in [2.05, 4.69) is 21.2 Å². The van der Waals surface area contributed by atoms with E-state index in [-0.39, 0.29) is 5.22 Å². The minimum atomic E-state index is -1.26. The van der Waals surface area contributed by atoms with Gasteiger partial charge in [-0.05, 0) is 18.2 Å². The molecule has 5 nitrogen and oxygen atoms in total. The Hall–Kier alpha value is -2.25. The third-order valence-electron chi connectivity index (χ3n) is 3.32. The average molecular weight is 329 g/mol. The number of nitrogens with zero attached hydrogens (tertiary/aromatic N) is 2. The van der Waals surface area contributed by atoms with Crippen LogP contribution >= 0.6 is 11.3 Å². The highest BCUT2D eigenvalue weighted by Crippen LogP contribution is 2.37. The fraction of sp³-hybridized carbons (Fsp3) is 0.0667. The Morgan fingerprint density at radius 3 is 2.77 bits per heavy atom. The van der Waals surface area contributed by atoms with Gasteiger partial charge >= 0.3 is 5.22 Å². The van der Waals surface area contributed by atoms with Gasteiger partial charge < -0.3 is 9.40 Å². The van der Waals surface area contributed by atoms with Gasteiger partial charge in [-0.25, -0.2) is 4.21 Å². The Labute approximate surface area is 132 Å². The van der Waals surface area contributed by atoms with Crippen molar-refractivity contribution in [1.82, 2.24) is 15.2 Å². The Morgan fingerprint density at radius 1 is 1.14 bits per heavy atom. The number of hydrogen-bond acceptors (Lipinski definition) is 5. The topological polar surface area (TPSA) is 71.8 Å². The van der Waals surface area contributed by atoms with Gasteiger partial charge in [0.2, 0.25) is 0 Å². The van der Waals surface area contributed by atoms with E-state index < -0.39 is 10.8 Å². The number of aromatic amines is 1. The molecule has 0 spiro atoms. The Balaban J connectivity index is 1.76. The molecule has 110 valence electrons. The van der Waals surface area contributed by atoms with Crippen LogP contribution in [0.4, 0.5) is 0 Å². The van der Waals surface area contributed by atoms with Gasteiger partial charge in [0.25, 0.3) is 5.89 Å². The summed E-state index contributed by atoms with van der Waals surface area (Å²) in [6.45, 7) is 0. The van der Waals surface area contributed by atoms with E-state index in [1.807, 2.05) is 36.5 Å². The lowest BCUT2D eigenvalue weighted by molar-refractivity contribution is 0.458. The summed E-state index contributed by atoms with van der Waals surface area (Å²) in [6, 6.07) is 12.1. The number of rotatable bonds is 3. The van der Waals surface area contributed by atoms with E-state index in [9.17, 15) is 4.21 Å². The molecular weight excluding hydrogens is 318 g/mol. The number of fused-ring (bicyclic) bond motifs is 1. The highest BCUT2D eigenvalue weighted by Gasteiger charge is 2.15. The van der Waals surface area contributed by atoms with Crippen LogP contribution in [0, 0.1) is 0 Å². The lowest BCUT2D eigenvalue weighted by atomic mass is 10.1. The molecule has 1 unspecified atom stereocenters. The smallest absolute Gasteiger partial charge is 0.307 e. The lowest BCUT2D eigenvalue weighted by Crippen LogP contribution is -1.85. The summed E-state index contributed by atoms with van der Waals surface area (Å²) in [5, 5.41) is 9.08. The maximum Gasteiger partial charge on any atom is 0.307 e. The summed E-state index contributed by atoms with van der Waals surface area (Å²) in [4.78, 5) is 5.25. The van der Waals surface area contributed by atoms with Crippen molar-refractivity contribution in [1.29, 1.82) is 0 Å². The molecule has 0 aliphatic heterocycles. The fourth-order valence-electron chi connectivity index (χ4n) is 2.30. The molecule has 7 heteroatoms. The maximum atomic E-state index is 11.3. The summed E-state index contributed by atoms with van der Waals surface area (Å²) in [7, 11) is -1.26. The fourth-order valence-corrected chi connectivity index (χ4v) is 3.61. The summed E-state index contributed by atoms with van der Waals surface area (Å²) < 4.78 is 16.8. The third kappa shape index (κ3) is 2.18. The second kappa shape index (κ2) is 5.19. The van der Waals surface area contributed by atoms with E-state index in [0.29, 0.717) is 5.89 Å². The number of para-hydroxylation sites is 1.